The lowest BCUT2D eigenvalue weighted by Gasteiger charge is -2.45. The quantitative estimate of drug-likeness (QED) is 0.296. The van der Waals surface area contributed by atoms with E-state index in [1.54, 1.807) is 0 Å². The predicted molar refractivity (Wildman–Crippen MR) is 184 cm³/mol. The van der Waals surface area contributed by atoms with E-state index >= 15 is 0 Å². The number of rotatable bonds is 9. The molecule has 3 fully saturated rings. The number of nitrogens with one attached hydrogen (secondary N) is 3. The second-order valence-electron chi connectivity index (χ2n) is 15.5. The number of alkyl carbamates (subject to hydrolysis) is 1. The van der Waals surface area contributed by atoms with Crippen LogP contribution >= 0.6 is 0 Å². The summed E-state index contributed by atoms with van der Waals surface area (Å²) in [4.78, 5) is 52.1. The maximum atomic E-state index is 13.9. The topological polar surface area (TPSA) is 129 Å². The number of fused-ring (bicyclic) bond motifs is 1. The van der Waals surface area contributed by atoms with E-state index in [0.717, 1.165) is 50.7 Å². The number of anilines is 1. The van der Waals surface area contributed by atoms with Gasteiger partial charge in [-0.2, -0.15) is 13.2 Å². The van der Waals surface area contributed by atoms with Gasteiger partial charge in [-0.15, -0.1) is 0 Å². The predicted octanol–water partition coefficient (Wildman–Crippen LogP) is 5.88. The minimum atomic E-state index is -4.53. The molecule has 2 heterocycles. The molecule has 1 aliphatic heterocycles. The van der Waals surface area contributed by atoms with Crippen LogP contribution < -0.4 is 16.0 Å². The second kappa shape index (κ2) is 15.3. The molecule has 1 saturated heterocycles. The van der Waals surface area contributed by atoms with Crippen molar-refractivity contribution in [2.24, 2.45) is 5.92 Å². The van der Waals surface area contributed by atoms with Gasteiger partial charge in [0.15, 0.2) is 0 Å². The minimum Gasteiger partial charge on any atom is -0.444 e. The summed E-state index contributed by atoms with van der Waals surface area (Å²) in [5.41, 5.74) is -1.03. The first-order valence-corrected chi connectivity index (χ1v) is 17.9. The number of ether oxygens (including phenoxy) is 1. The van der Waals surface area contributed by atoms with Crippen molar-refractivity contribution in [3.63, 3.8) is 0 Å². The normalized spacial score (nSPS) is 26.4. The third-order valence-corrected chi connectivity index (χ3v) is 10.5. The molecule has 11 nitrogen and oxygen atoms in total. The Balaban J connectivity index is 1.23. The van der Waals surface area contributed by atoms with Crippen molar-refractivity contribution in [3.05, 3.63) is 30.1 Å². The molecular weight excluding hydrogens is 651 g/mol. The zero-order valence-corrected chi connectivity index (χ0v) is 30.0. The fourth-order valence-corrected chi connectivity index (χ4v) is 7.64. The fourth-order valence-electron chi connectivity index (χ4n) is 7.64. The SMILES string of the molecule is CC(C)N(C)[C@@H]1CC[C@H](N2CC[C@H](Nc3ncnc4ccc(C(F)(F)F)cc34)C2=O)[C@H](NC(=O)CC2CCC(NC(=O)OC(C)(C)C)CC2)C1. The molecule has 1 aromatic carbocycles. The van der Waals surface area contributed by atoms with Crippen LogP contribution in [-0.4, -0.2) is 93.1 Å². The largest absolute Gasteiger partial charge is 0.444 e. The Kier molecular flexibility index (Phi) is 11.5. The van der Waals surface area contributed by atoms with Crippen LogP contribution in [0.15, 0.2) is 24.5 Å². The lowest BCUT2D eigenvalue weighted by atomic mass is 9.82. The fraction of sp³-hybridized carbons (Fsp3) is 0.694. The van der Waals surface area contributed by atoms with Gasteiger partial charge in [0, 0.05) is 36.5 Å². The zero-order valence-electron chi connectivity index (χ0n) is 30.0. The van der Waals surface area contributed by atoms with Crippen LogP contribution in [0, 0.1) is 5.92 Å². The highest BCUT2D eigenvalue weighted by Gasteiger charge is 2.43. The van der Waals surface area contributed by atoms with Crippen molar-refractivity contribution in [1.82, 2.24) is 30.4 Å². The summed E-state index contributed by atoms with van der Waals surface area (Å²) in [6, 6.07) is 2.77. The Bertz CT molecular complexity index is 1520. The molecular formula is C36H52F3N7O4. The van der Waals surface area contributed by atoms with Gasteiger partial charge in [0.25, 0.3) is 0 Å². The van der Waals surface area contributed by atoms with Crippen molar-refractivity contribution in [2.75, 3.05) is 18.9 Å². The highest BCUT2D eigenvalue weighted by atomic mass is 19.4. The van der Waals surface area contributed by atoms with Crippen LogP contribution in [0.5, 0.6) is 0 Å². The second-order valence-corrected chi connectivity index (χ2v) is 15.5. The average Bonchev–Trinajstić information content (AvgIpc) is 3.39. The van der Waals surface area contributed by atoms with Crippen LogP contribution in [0.1, 0.15) is 98.0 Å². The summed E-state index contributed by atoms with van der Waals surface area (Å²) in [5, 5.41) is 9.59. The molecule has 2 aromatic rings. The van der Waals surface area contributed by atoms with Crippen LogP contribution in [0.2, 0.25) is 0 Å². The molecule has 1 aromatic heterocycles. The third-order valence-electron chi connectivity index (χ3n) is 10.5. The summed E-state index contributed by atoms with van der Waals surface area (Å²) < 4.78 is 45.8. The highest BCUT2D eigenvalue weighted by Crippen LogP contribution is 2.35. The minimum absolute atomic E-state index is 0.0222. The first-order chi connectivity index (χ1) is 23.5. The van der Waals surface area contributed by atoms with Gasteiger partial charge >= 0.3 is 12.3 Å². The molecule has 2 aliphatic carbocycles. The maximum Gasteiger partial charge on any atom is 0.416 e. The van der Waals surface area contributed by atoms with Crippen molar-refractivity contribution in [2.45, 2.75) is 140 Å². The number of likely N-dealkylation sites (tertiary alicyclic amines) is 1. The summed E-state index contributed by atoms with van der Waals surface area (Å²) in [6.45, 7) is 10.2. The molecule has 5 rings (SSSR count). The van der Waals surface area contributed by atoms with Crippen molar-refractivity contribution >= 4 is 34.6 Å². The van der Waals surface area contributed by atoms with Crippen LogP contribution in [0.4, 0.5) is 23.8 Å². The monoisotopic (exact) mass is 703 g/mol. The summed E-state index contributed by atoms with van der Waals surface area (Å²) in [7, 11) is 2.09. The maximum absolute atomic E-state index is 13.9. The number of nitrogens with zero attached hydrogens (tertiary/aromatic N) is 4. The number of aromatic nitrogens is 2. The molecule has 14 heteroatoms. The summed E-state index contributed by atoms with van der Waals surface area (Å²) in [6.07, 6.45) is 2.66. The van der Waals surface area contributed by atoms with Crippen LogP contribution in [0.3, 0.4) is 0 Å². The Hall–Kier alpha value is -3.68. The molecule has 276 valence electrons. The number of amides is 3. The number of benzene rings is 1. The Morgan fingerprint density at radius 1 is 1.02 bits per heavy atom. The average molecular weight is 704 g/mol. The van der Waals surface area contributed by atoms with Gasteiger partial charge < -0.3 is 30.5 Å². The molecule has 0 bridgehead atoms. The summed E-state index contributed by atoms with van der Waals surface area (Å²) >= 11 is 0. The Labute approximate surface area is 292 Å². The third kappa shape index (κ3) is 9.35. The van der Waals surface area contributed by atoms with Gasteiger partial charge in [-0.1, -0.05) is 0 Å². The van der Waals surface area contributed by atoms with E-state index < -0.39 is 29.5 Å². The van der Waals surface area contributed by atoms with Gasteiger partial charge in [0.1, 0.15) is 23.8 Å². The number of alkyl halides is 3. The highest BCUT2D eigenvalue weighted by molar-refractivity contribution is 5.93. The van der Waals surface area contributed by atoms with E-state index in [2.05, 4.69) is 51.7 Å². The van der Waals surface area contributed by atoms with Crippen molar-refractivity contribution < 1.29 is 32.3 Å². The van der Waals surface area contributed by atoms with E-state index in [-0.39, 0.29) is 53.1 Å². The van der Waals surface area contributed by atoms with Gasteiger partial charge in [0.05, 0.1) is 23.2 Å². The smallest absolute Gasteiger partial charge is 0.416 e. The molecule has 3 amide bonds. The summed E-state index contributed by atoms with van der Waals surface area (Å²) in [5.74, 6) is 0.194. The van der Waals surface area contributed by atoms with E-state index in [4.69, 9.17) is 4.74 Å². The number of carbonyl (C=O) groups is 3. The van der Waals surface area contributed by atoms with Crippen molar-refractivity contribution in [3.8, 4) is 0 Å². The number of carbonyl (C=O) groups excluding carboxylic acids is 3. The number of halogens is 3. The molecule has 3 N–H and O–H groups in total. The van der Waals surface area contributed by atoms with Gasteiger partial charge in [0.2, 0.25) is 11.8 Å². The van der Waals surface area contributed by atoms with Gasteiger partial charge in [-0.05, 0) is 117 Å². The number of hydrogen-bond acceptors (Lipinski definition) is 8. The molecule has 0 radical (unpaired) electrons. The van der Waals surface area contributed by atoms with Crippen LogP contribution in [0.25, 0.3) is 10.9 Å². The van der Waals surface area contributed by atoms with Gasteiger partial charge in [-0.25, -0.2) is 14.8 Å². The van der Waals surface area contributed by atoms with E-state index in [1.807, 2.05) is 25.7 Å². The van der Waals surface area contributed by atoms with Gasteiger partial charge in [-0.3, -0.25) is 9.59 Å². The lowest BCUT2D eigenvalue weighted by molar-refractivity contribution is -0.137. The first kappa shape index (κ1) is 37.6. The molecule has 3 aliphatic rings. The Morgan fingerprint density at radius 3 is 2.40 bits per heavy atom. The van der Waals surface area contributed by atoms with Crippen molar-refractivity contribution in [1.29, 1.82) is 0 Å². The first-order valence-electron chi connectivity index (χ1n) is 17.9. The molecule has 2 saturated carbocycles. The molecule has 0 unspecified atom stereocenters. The van der Waals surface area contributed by atoms with E-state index in [9.17, 15) is 27.6 Å². The Morgan fingerprint density at radius 2 is 1.74 bits per heavy atom. The molecule has 50 heavy (non-hydrogen) atoms. The molecule has 0 spiro atoms. The van der Waals surface area contributed by atoms with Crippen LogP contribution in [-0.2, 0) is 20.5 Å². The van der Waals surface area contributed by atoms with E-state index in [0.29, 0.717) is 37.4 Å². The lowest BCUT2D eigenvalue weighted by Crippen LogP contribution is -2.58. The standard InChI is InChI=1S/C36H52F3N7O4/c1-21(2)45(6)25-12-14-30(29(19-25)43-31(47)17-22-7-10-24(11-8-22)42-34(49)50-35(3,4)5)46-16-15-28(33(46)48)44-32-26-18-23(36(37,38)39)9-13-27(26)40-20-41-32/h9,13,18,20-22,24-25,28-30H,7-8,10-12,14-17,19H2,1-6H3,(H,42,49)(H,43,47)(H,40,41,44)/t22?,24?,25-,28+,29-,30+/m1/s1. The molecule has 4 atom stereocenters. The van der Waals surface area contributed by atoms with E-state index in [1.165, 1.54) is 12.4 Å². The number of hydrogen-bond donors (Lipinski definition) is 3. The zero-order chi connectivity index (χ0) is 36.4.